The van der Waals surface area contributed by atoms with Gasteiger partial charge in [0, 0.05) is 6.61 Å². The predicted molar refractivity (Wildman–Crippen MR) is 149 cm³/mol. The van der Waals surface area contributed by atoms with Crippen LogP contribution in [0.2, 0.25) is 0 Å². The van der Waals surface area contributed by atoms with Crippen LogP contribution in [-0.2, 0) is 4.74 Å². The minimum Gasteiger partial charge on any atom is -0.378 e. The maximum absolute atomic E-state index is 5.64. The van der Waals surface area contributed by atoms with Gasteiger partial charge in [-0.05, 0) is 73.0 Å². The third-order valence-corrected chi connectivity index (χ3v) is 7.81. The van der Waals surface area contributed by atoms with Crippen LogP contribution < -0.4 is 0 Å². The normalized spacial score (nSPS) is 23.3. The predicted octanol–water partition coefficient (Wildman–Crippen LogP) is 11.1. The molecule has 1 heterocycles. The van der Waals surface area contributed by atoms with E-state index in [0.717, 1.165) is 18.4 Å². The summed E-state index contributed by atoms with van der Waals surface area (Å²) in [6.45, 7) is 22.0. The molecule has 32 heavy (non-hydrogen) atoms. The Hall–Kier alpha value is -0.0400. The van der Waals surface area contributed by atoms with Crippen LogP contribution in [0.4, 0.5) is 0 Å². The summed E-state index contributed by atoms with van der Waals surface area (Å²) in [5, 5.41) is 0. The smallest absolute Gasteiger partial charge is 0.0623 e. The van der Waals surface area contributed by atoms with Gasteiger partial charge in [-0.1, -0.05) is 116 Å². The van der Waals surface area contributed by atoms with E-state index in [4.69, 9.17) is 4.74 Å². The molecule has 3 aliphatic rings. The van der Waals surface area contributed by atoms with Crippen molar-refractivity contribution in [2.24, 2.45) is 28.1 Å². The second-order valence-corrected chi connectivity index (χ2v) is 13.6. The molecule has 0 aromatic carbocycles. The van der Waals surface area contributed by atoms with Crippen LogP contribution in [0, 0.1) is 28.1 Å². The Morgan fingerprint density at radius 1 is 0.438 bits per heavy atom. The molecule has 0 radical (unpaired) electrons. The van der Waals surface area contributed by atoms with Gasteiger partial charge in [-0.3, -0.25) is 0 Å². The minimum absolute atomic E-state index is 0. The molecule has 0 bridgehead atoms. The molecule has 1 saturated heterocycles. The lowest BCUT2D eigenvalue weighted by molar-refractivity contribution is -0.0474. The lowest BCUT2D eigenvalue weighted by atomic mass is 9.72. The average molecular weight is 455 g/mol. The molecule has 0 aromatic rings. The molecule has 2 saturated carbocycles. The van der Waals surface area contributed by atoms with E-state index in [0.29, 0.717) is 22.3 Å². The molecule has 0 amide bonds. The van der Waals surface area contributed by atoms with Crippen LogP contribution in [0.3, 0.4) is 0 Å². The molecule has 1 heteroatoms. The first kappa shape index (κ1) is 34.1. The van der Waals surface area contributed by atoms with Crippen LogP contribution in [0.15, 0.2) is 0 Å². The Kier molecular flexibility index (Phi) is 16.8. The monoisotopic (exact) mass is 455 g/mol. The standard InChI is InChI=1S/2C10H20.C9H18O.2CH4/c2*1-10(2,3)9-7-5-4-6-8-9;1-9(2,3)8-6-4-5-7-10-8;;/h2*9H,4-8H2,1-3H3;8H,4-7H2,1-3H3;2*1H4. The van der Waals surface area contributed by atoms with Gasteiger partial charge in [0.05, 0.1) is 6.10 Å². The third kappa shape index (κ3) is 14.3. The van der Waals surface area contributed by atoms with E-state index in [2.05, 4.69) is 62.3 Å². The van der Waals surface area contributed by atoms with Crippen molar-refractivity contribution in [3.8, 4) is 0 Å². The highest BCUT2D eigenvalue weighted by Gasteiger charge is 2.27. The van der Waals surface area contributed by atoms with E-state index in [1.54, 1.807) is 0 Å². The fraction of sp³-hybridized carbons (Fsp3) is 1.00. The van der Waals surface area contributed by atoms with E-state index in [-0.39, 0.29) is 14.9 Å². The van der Waals surface area contributed by atoms with Crippen LogP contribution in [0.5, 0.6) is 0 Å². The summed E-state index contributed by atoms with van der Waals surface area (Å²) >= 11 is 0. The fourth-order valence-corrected chi connectivity index (χ4v) is 5.36. The third-order valence-electron chi connectivity index (χ3n) is 7.81. The molecule has 1 atom stereocenters. The summed E-state index contributed by atoms with van der Waals surface area (Å²) in [7, 11) is 0. The van der Waals surface area contributed by atoms with Gasteiger partial charge >= 0.3 is 0 Å². The van der Waals surface area contributed by atoms with E-state index in [1.807, 2.05) is 0 Å². The molecule has 0 N–H and O–H groups in total. The SMILES string of the molecule is C.C.CC(C)(C)C1CCCCC1.CC(C)(C)C1CCCCC1.CC(C)(C)C1CCCCO1. The van der Waals surface area contributed by atoms with Crippen molar-refractivity contribution in [2.45, 2.75) is 167 Å². The molecule has 1 nitrogen and oxygen atoms in total. The van der Waals surface area contributed by atoms with Gasteiger partial charge in [0.2, 0.25) is 0 Å². The number of hydrogen-bond acceptors (Lipinski definition) is 1. The van der Waals surface area contributed by atoms with Gasteiger partial charge in [-0.25, -0.2) is 0 Å². The van der Waals surface area contributed by atoms with Gasteiger partial charge in [-0.2, -0.15) is 0 Å². The van der Waals surface area contributed by atoms with Crippen LogP contribution in [-0.4, -0.2) is 12.7 Å². The van der Waals surface area contributed by atoms with Gasteiger partial charge < -0.3 is 4.74 Å². The Bertz CT molecular complexity index is 346. The molecule has 1 unspecified atom stereocenters. The van der Waals surface area contributed by atoms with Gasteiger partial charge in [-0.15, -0.1) is 0 Å². The zero-order valence-electron chi connectivity index (χ0n) is 22.5. The largest absolute Gasteiger partial charge is 0.378 e. The highest BCUT2D eigenvalue weighted by Crippen LogP contribution is 2.38. The maximum atomic E-state index is 5.64. The van der Waals surface area contributed by atoms with Crippen molar-refractivity contribution < 1.29 is 4.74 Å². The summed E-state index contributed by atoms with van der Waals surface area (Å²) in [5.74, 6) is 2.00. The van der Waals surface area contributed by atoms with E-state index >= 15 is 0 Å². The van der Waals surface area contributed by atoms with Gasteiger partial charge in [0.25, 0.3) is 0 Å². The second-order valence-electron chi connectivity index (χ2n) is 13.6. The Balaban J connectivity index is 0. The molecular formula is C31H66O. The van der Waals surface area contributed by atoms with E-state index in [9.17, 15) is 0 Å². The molecule has 1 aliphatic heterocycles. The highest BCUT2D eigenvalue weighted by atomic mass is 16.5. The summed E-state index contributed by atoms with van der Waals surface area (Å²) < 4.78 is 5.64. The minimum atomic E-state index is 0. The fourth-order valence-electron chi connectivity index (χ4n) is 5.36. The summed E-state index contributed by atoms with van der Waals surface area (Å²) in [6, 6.07) is 0. The first-order valence-corrected chi connectivity index (χ1v) is 13.4. The summed E-state index contributed by atoms with van der Waals surface area (Å²) in [5.41, 5.74) is 1.49. The zero-order chi connectivity index (χ0) is 22.8. The van der Waals surface area contributed by atoms with Crippen molar-refractivity contribution in [3.05, 3.63) is 0 Å². The molecule has 0 spiro atoms. The number of rotatable bonds is 0. The van der Waals surface area contributed by atoms with E-state index < -0.39 is 0 Å². The summed E-state index contributed by atoms with van der Waals surface area (Å²) in [6.07, 6.45) is 19.1. The van der Waals surface area contributed by atoms with Gasteiger partial charge in [0.15, 0.2) is 0 Å². The molecule has 196 valence electrons. The van der Waals surface area contributed by atoms with Crippen molar-refractivity contribution >= 4 is 0 Å². The Labute approximate surface area is 206 Å². The van der Waals surface area contributed by atoms with Crippen molar-refractivity contribution in [2.75, 3.05) is 6.61 Å². The summed E-state index contributed by atoms with van der Waals surface area (Å²) in [4.78, 5) is 0. The molecular weight excluding hydrogens is 388 g/mol. The zero-order valence-corrected chi connectivity index (χ0v) is 22.5. The highest BCUT2D eigenvalue weighted by molar-refractivity contribution is 4.78. The lowest BCUT2D eigenvalue weighted by Gasteiger charge is -2.33. The van der Waals surface area contributed by atoms with Crippen molar-refractivity contribution in [3.63, 3.8) is 0 Å². The lowest BCUT2D eigenvalue weighted by Crippen LogP contribution is -2.32. The number of ether oxygens (including phenoxy) is 1. The Morgan fingerprint density at radius 2 is 0.781 bits per heavy atom. The first-order chi connectivity index (χ1) is 13.8. The molecule has 3 rings (SSSR count). The van der Waals surface area contributed by atoms with Crippen LogP contribution >= 0.6 is 0 Å². The second kappa shape index (κ2) is 15.8. The van der Waals surface area contributed by atoms with E-state index in [1.165, 1.54) is 83.5 Å². The molecule has 0 aromatic heterocycles. The van der Waals surface area contributed by atoms with Crippen LogP contribution in [0.25, 0.3) is 0 Å². The maximum Gasteiger partial charge on any atom is 0.0623 e. The van der Waals surface area contributed by atoms with Crippen molar-refractivity contribution in [1.29, 1.82) is 0 Å². The number of hydrogen-bond donors (Lipinski definition) is 0. The molecule has 3 fully saturated rings. The topological polar surface area (TPSA) is 9.23 Å². The van der Waals surface area contributed by atoms with Crippen LogP contribution in [0.1, 0.15) is 161 Å². The molecule has 2 aliphatic carbocycles. The van der Waals surface area contributed by atoms with Crippen molar-refractivity contribution in [1.82, 2.24) is 0 Å². The van der Waals surface area contributed by atoms with Gasteiger partial charge in [0.1, 0.15) is 0 Å². The average Bonchev–Trinajstić information content (AvgIpc) is 2.69. The quantitative estimate of drug-likeness (QED) is 0.353. The Morgan fingerprint density at radius 3 is 0.969 bits per heavy atom. The first-order valence-electron chi connectivity index (χ1n) is 13.4.